The highest BCUT2D eigenvalue weighted by Crippen LogP contribution is 2.25. The van der Waals surface area contributed by atoms with E-state index in [9.17, 15) is 13.2 Å². The largest absolute Gasteiger partial charge is 0.465 e. The maximum Gasteiger partial charge on any atom is 0.349 e. The van der Waals surface area contributed by atoms with Gasteiger partial charge in [0.15, 0.2) is 6.29 Å². The third-order valence-corrected chi connectivity index (χ3v) is 5.67. The predicted molar refractivity (Wildman–Crippen MR) is 71.2 cm³/mol. The van der Waals surface area contributed by atoms with Crippen LogP contribution in [0, 0.1) is 0 Å². The maximum atomic E-state index is 12.4. The summed E-state index contributed by atoms with van der Waals surface area (Å²) in [5.74, 6) is -0.666. The van der Waals surface area contributed by atoms with Crippen LogP contribution in [0.3, 0.4) is 0 Å². The van der Waals surface area contributed by atoms with Gasteiger partial charge in [-0.2, -0.15) is 4.31 Å². The summed E-state index contributed by atoms with van der Waals surface area (Å²) < 4.78 is 41.0. The minimum Gasteiger partial charge on any atom is -0.465 e. The summed E-state index contributed by atoms with van der Waals surface area (Å²) in [5.41, 5.74) is 0. The molecule has 9 heteroatoms. The van der Waals surface area contributed by atoms with E-state index in [4.69, 9.17) is 9.47 Å². The lowest BCUT2D eigenvalue weighted by Gasteiger charge is -2.19. The van der Waals surface area contributed by atoms with Crippen molar-refractivity contribution in [1.82, 2.24) is 4.31 Å². The average molecular weight is 321 g/mol. The van der Waals surface area contributed by atoms with Crippen LogP contribution in [0.1, 0.15) is 9.67 Å². The number of nitrogens with zero attached hydrogens (tertiary/aromatic N) is 1. The molecule has 0 radical (unpaired) electrons. The molecule has 0 amide bonds. The van der Waals surface area contributed by atoms with Crippen molar-refractivity contribution in [1.29, 1.82) is 0 Å². The molecule has 0 spiro atoms. The zero-order valence-electron chi connectivity index (χ0n) is 11.1. The van der Waals surface area contributed by atoms with Gasteiger partial charge in [0.1, 0.15) is 9.77 Å². The van der Waals surface area contributed by atoms with Crippen LogP contribution in [0.15, 0.2) is 16.3 Å². The van der Waals surface area contributed by atoms with Crippen LogP contribution >= 0.6 is 11.3 Å². The number of ether oxygens (including phenoxy) is 3. The lowest BCUT2D eigenvalue weighted by molar-refractivity contribution is -0.0482. The second kappa shape index (κ2) is 6.19. The fraction of sp³-hybridized carbons (Fsp3) is 0.545. The fourth-order valence-corrected chi connectivity index (χ4v) is 4.19. The molecule has 2 rings (SSSR count). The van der Waals surface area contributed by atoms with Crippen molar-refractivity contribution in [3.63, 3.8) is 0 Å². The summed E-state index contributed by atoms with van der Waals surface area (Å²) in [4.78, 5) is 11.6. The normalized spacial score (nSPS) is 16.8. The summed E-state index contributed by atoms with van der Waals surface area (Å²) in [6, 6.07) is 1.39. The Labute approximate surface area is 121 Å². The number of sulfonamides is 1. The Hall–Kier alpha value is -1.00. The van der Waals surface area contributed by atoms with Crippen LogP contribution < -0.4 is 0 Å². The van der Waals surface area contributed by atoms with Gasteiger partial charge in [0.2, 0.25) is 10.0 Å². The Balaban J connectivity index is 2.21. The van der Waals surface area contributed by atoms with Gasteiger partial charge < -0.3 is 14.2 Å². The molecule has 2 heterocycles. The van der Waals surface area contributed by atoms with E-state index in [1.165, 1.54) is 25.6 Å². The van der Waals surface area contributed by atoms with Crippen molar-refractivity contribution >= 4 is 27.3 Å². The first kappa shape index (κ1) is 15.4. The lowest BCUT2D eigenvalue weighted by Crippen LogP contribution is -2.35. The Morgan fingerprint density at radius 1 is 1.50 bits per heavy atom. The first-order valence-electron chi connectivity index (χ1n) is 5.82. The zero-order valence-corrected chi connectivity index (χ0v) is 12.7. The molecule has 1 aliphatic rings. The van der Waals surface area contributed by atoms with E-state index in [-0.39, 0.29) is 16.3 Å². The van der Waals surface area contributed by atoms with Gasteiger partial charge in [0.05, 0.1) is 26.9 Å². The van der Waals surface area contributed by atoms with E-state index in [0.29, 0.717) is 13.2 Å². The second-order valence-electron chi connectivity index (χ2n) is 4.06. The number of hydrogen-bond donors (Lipinski definition) is 0. The van der Waals surface area contributed by atoms with Crippen LogP contribution in [0.25, 0.3) is 0 Å². The van der Waals surface area contributed by atoms with Crippen LogP contribution in [0.4, 0.5) is 0 Å². The van der Waals surface area contributed by atoms with Gasteiger partial charge in [-0.05, 0) is 11.4 Å². The molecule has 0 aliphatic carbocycles. The predicted octanol–water partition coefficient (Wildman–Crippen LogP) is 0.528. The number of carbonyl (C=O) groups excluding carboxylic acids is 1. The number of hydrogen-bond acceptors (Lipinski definition) is 7. The van der Waals surface area contributed by atoms with Gasteiger partial charge in [-0.1, -0.05) is 0 Å². The van der Waals surface area contributed by atoms with E-state index < -0.39 is 22.3 Å². The van der Waals surface area contributed by atoms with E-state index in [1.54, 1.807) is 0 Å². The monoisotopic (exact) mass is 321 g/mol. The first-order chi connectivity index (χ1) is 9.46. The zero-order chi connectivity index (χ0) is 14.8. The molecule has 0 saturated carbocycles. The van der Waals surface area contributed by atoms with Gasteiger partial charge in [-0.15, -0.1) is 11.3 Å². The van der Waals surface area contributed by atoms with Gasteiger partial charge in [0.25, 0.3) is 0 Å². The summed E-state index contributed by atoms with van der Waals surface area (Å²) in [6.07, 6.45) is -0.574. The number of esters is 1. The van der Waals surface area contributed by atoms with Gasteiger partial charge in [-0.3, -0.25) is 0 Å². The molecule has 1 aromatic rings. The van der Waals surface area contributed by atoms with E-state index in [1.807, 2.05) is 0 Å². The van der Waals surface area contributed by atoms with Crippen LogP contribution in [-0.2, 0) is 24.2 Å². The van der Waals surface area contributed by atoms with Crippen LogP contribution in [0.2, 0.25) is 0 Å². The standard InChI is InChI=1S/C11H15NO6S2/c1-12(7-9-17-4-5-18-9)20(14,15)8-3-6-19-10(8)11(13)16-2/h3,6,9H,4-5,7H2,1-2H3. The van der Waals surface area contributed by atoms with E-state index in [2.05, 4.69) is 4.74 Å². The number of carbonyl (C=O) groups is 1. The molecule has 20 heavy (non-hydrogen) atoms. The van der Waals surface area contributed by atoms with Gasteiger partial charge in [-0.25, -0.2) is 13.2 Å². The number of rotatable bonds is 5. The van der Waals surface area contributed by atoms with Gasteiger partial charge >= 0.3 is 5.97 Å². The molecule has 0 N–H and O–H groups in total. The smallest absolute Gasteiger partial charge is 0.349 e. The third kappa shape index (κ3) is 3.01. The Morgan fingerprint density at radius 3 is 2.75 bits per heavy atom. The molecule has 7 nitrogen and oxygen atoms in total. The highest BCUT2D eigenvalue weighted by molar-refractivity contribution is 7.89. The first-order valence-corrected chi connectivity index (χ1v) is 8.14. The quantitative estimate of drug-likeness (QED) is 0.736. The Morgan fingerprint density at radius 2 is 2.15 bits per heavy atom. The van der Waals surface area contributed by atoms with Crippen molar-refractivity contribution in [2.45, 2.75) is 11.2 Å². The van der Waals surface area contributed by atoms with Crippen molar-refractivity contribution in [3.05, 3.63) is 16.3 Å². The summed E-state index contributed by atoms with van der Waals surface area (Å²) in [5, 5.41) is 1.54. The minimum absolute atomic E-state index is 0.0603. The molecular formula is C11H15NO6S2. The number of likely N-dealkylation sites (N-methyl/N-ethyl adjacent to an activating group) is 1. The van der Waals surface area contributed by atoms with E-state index in [0.717, 1.165) is 15.6 Å². The van der Waals surface area contributed by atoms with Crippen LogP contribution in [0.5, 0.6) is 0 Å². The minimum atomic E-state index is -3.79. The summed E-state index contributed by atoms with van der Waals surface area (Å²) >= 11 is 1.03. The molecule has 112 valence electrons. The third-order valence-electron chi connectivity index (χ3n) is 2.79. The van der Waals surface area contributed by atoms with Gasteiger partial charge in [0, 0.05) is 7.05 Å². The van der Waals surface area contributed by atoms with Crippen molar-refractivity contribution in [2.75, 3.05) is 33.9 Å². The van der Waals surface area contributed by atoms with Crippen molar-refractivity contribution in [2.24, 2.45) is 0 Å². The molecule has 0 atom stereocenters. The molecule has 0 unspecified atom stereocenters. The Bertz CT molecular complexity index is 575. The average Bonchev–Trinajstić information content (AvgIpc) is 3.08. The van der Waals surface area contributed by atoms with Crippen LogP contribution in [-0.4, -0.2) is 58.9 Å². The lowest BCUT2D eigenvalue weighted by atomic mass is 10.5. The maximum absolute atomic E-state index is 12.4. The molecule has 0 bridgehead atoms. The highest BCUT2D eigenvalue weighted by Gasteiger charge is 2.31. The Kier molecular flexibility index (Phi) is 4.76. The SMILES string of the molecule is COC(=O)c1sccc1S(=O)(=O)N(C)CC1OCCO1. The number of methoxy groups -OCH3 is 1. The van der Waals surface area contributed by atoms with Crippen molar-refractivity contribution < 1.29 is 27.4 Å². The molecule has 1 aromatic heterocycles. The molecule has 0 aromatic carbocycles. The second-order valence-corrected chi connectivity index (χ2v) is 6.99. The molecular weight excluding hydrogens is 306 g/mol. The summed E-state index contributed by atoms with van der Waals surface area (Å²) in [7, 11) is -1.16. The molecule has 1 fully saturated rings. The number of thiophene rings is 1. The van der Waals surface area contributed by atoms with E-state index >= 15 is 0 Å². The highest BCUT2D eigenvalue weighted by atomic mass is 32.2. The topological polar surface area (TPSA) is 82.1 Å². The van der Waals surface area contributed by atoms with Crippen molar-refractivity contribution in [3.8, 4) is 0 Å². The fourth-order valence-electron chi connectivity index (χ4n) is 1.73. The molecule has 1 saturated heterocycles. The molecule has 1 aliphatic heterocycles. The summed E-state index contributed by atoms with van der Waals surface area (Å²) in [6.45, 7) is 0.966.